The molecule has 2 aliphatic rings. The lowest BCUT2D eigenvalue weighted by Crippen LogP contribution is -2.37. The predicted octanol–water partition coefficient (Wildman–Crippen LogP) is 3.55. The second-order valence-corrected chi connectivity index (χ2v) is 7.60. The fraction of sp³-hybridized carbons (Fsp3) is 0.571. The molecule has 2 aliphatic heterocycles. The van der Waals surface area contributed by atoms with E-state index in [0.717, 1.165) is 87.7 Å². The lowest BCUT2D eigenvalue weighted by molar-refractivity contribution is 0.0260. The summed E-state index contributed by atoms with van der Waals surface area (Å²) in [5.41, 5.74) is 0.792. The molecule has 0 atom stereocenters. The molecule has 3 heterocycles. The van der Waals surface area contributed by atoms with Crippen molar-refractivity contribution in [3.8, 4) is 11.5 Å². The van der Waals surface area contributed by atoms with Gasteiger partial charge in [-0.2, -0.15) is 0 Å². The molecule has 0 radical (unpaired) electrons. The molecule has 0 N–H and O–H groups in total. The molecule has 1 aromatic heterocycles. The zero-order chi connectivity index (χ0) is 19.2. The summed E-state index contributed by atoms with van der Waals surface area (Å²) < 4.78 is 23.1. The lowest BCUT2D eigenvalue weighted by Gasteiger charge is -2.26. The number of rotatable bonds is 7. The Morgan fingerprint density at radius 2 is 1.89 bits per heavy atom. The van der Waals surface area contributed by atoms with Crippen molar-refractivity contribution in [2.75, 3.05) is 52.7 Å². The number of ether oxygens (including phenoxy) is 4. The Kier molecular flexibility index (Phi) is 6.86. The average molecular weight is 407 g/mol. The molecule has 0 bridgehead atoms. The van der Waals surface area contributed by atoms with Crippen LogP contribution in [-0.2, 0) is 9.47 Å². The average Bonchev–Trinajstić information content (AvgIpc) is 2.73. The van der Waals surface area contributed by atoms with E-state index in [1.54, 1.807) is 12.3 Å². The zero-order valence-electron chi connectivity index (χ0n) is 16.1. The van der Waals surface area contributed by atoms with E-state index < -0.39 is 0 Å². The first-order valence-corrected chi connectivity index (χ1v) is 10.4. The fourth-order valence-corrected chi connectivity index (χ4v) is 3.88. The molecule has 2 fully saturated rings. The Bertz CT molecular complexity index is 776. The smallest absolute Gasteiger partial charge is 0.134 e. The lowest BCUT2D eigenvalue weighted by atomic mass is 10.1. The van der Waals surface area contributed by atoms with Crippen LogP contribution in [0.25, 0.3) is 10.9 Å². The molecule has 28 heavy (non-hydrogen) atoms. The summed E-state index contributed by atoms with van der Waals surface area (Å²) in [6, 6.07) is 5.68. The van der Waals surface area contributed by atoms with E-state index in [1.807, 2.05) is 12.1 Å². The van der Waals surface area contributed by atoms with Crippen LogP contribution in [0.15, 0.2) is 24.4 Å². The third-order valence-electron chi connectivity index (χ3n) is 5.18. The second-order valence-electron chi connectivity index (χ2n) is 7.19. The number of hydrogen-bond acceptors (Lipinski definition) is 6. The Labute approximate surface area is 170 Å². The van der Waals surface area contributed by atoms with Gasteiger partial charge in [0.25, 0.3) is 0 Å². The minimum atomic E-state index is 0.129. The highest BCUT2D eigenvalue weighted by atomic mass is 35.5. The van der Waals surface area contributed by atoms with Crippen LogP contribution in [0.5, 0.6) is 11.5 Å². The van der Waals surface area contributed by atoms with E-state index in [9.17, 15) is 0 Å². The molecule has 0 amide bonds. The van der Waals surface area contributed by atoms with Gasteiger partial charge in [0.05, 0.1) is 49.0 Å². The van der Waals surface area contributed by atoms with Crippen LogP contribution in [0.4, 0.5) is 0 Å². The van der Waals surface area contributed by atoms with Gasteiger partial charge in [-0.1, -0.05) is 11.6 Å². The van der Waals surface area contributed by atoms with Crippen LogP contribution in [0, 0.1) is 0 Å². The van der Waals surface area contributed by atoms with Crippen LogP contribution in [0.2, 0.25) is 5.02 Å². The summed E-state index contributed by atoms with van der Waals surface area (Å²) in [4.78, 5) is 6.88. The summed E-state index contributed by atoms with van der Waals surface area (Å²) in [5, 5.41) is 1.49. The third kappa shape index (κ3) is 5.06. The van der Waals surface area contributed by atoms with Crippen molar-refractivity contribution in [1.29, 1.82) is 0 Å². The molecule has 0 spiro atoms. The van der Waals surface area contributed by atoms with Gasteiger partial charge in [0.2, 0.25) is 0 Å². The minimum Gasteiger partial charge on any atom is -0.493 e. The number of hydrogen-bond donors (Lipinski definition) is 0. The monoisotopic (exact) mass is 406 g/mol. The highest BCUT2D eigenvalue weighted by molar-refractivity contribution is 6.35. The molecule has 1 aromatic carbocycles. The van der Waals surface area contributed by atoms with Gasteiger partial charge >= 0.3 is 0 Å². The van der Waals surface area contributed by atoms with Gasteiger partial charge in [0.15, 0.2) is 0 Å². The molecule has 152 valence electrons. The van der Waals surface area contributed by atoms with Gasteiger partial charge < -0.3 is 18.9 Å². The highest BCUT2D eigenvalue weighted by Crippen LogP contribution is 2.36. The summed E-state index contributed by atoms with van der Waals surface area (Å²) in [6.07, 6.45) is 4.57. The van der Waals surface area contributed by atoms with Crippen molar-refractivity contribution in [2.45, 2.75) is 25.4 Å². The number of halogens is 1. The number of nitrogens with zero attached hydrogens (tertiary/aromatic N) is 2. The Morgan fingerprint density at radius 3 is 2.71 bits per heavy atom. The Balaban J connectivity index is 1.43. The molecule has 2 aromatic rings. The van der Waals surface area contributed by atoms with Gasteiger partial charge in [-0.3, -0.25) is 9.88 Å². The van der Waals surface area contributed by atoms with Gasteiger partial charge in [-0.25, -0.2) is 0 Å². The summed E-state index contributed by atoms with van der Waals surface area (Å²) >= 11 is 6.44. The van der Waals surface area contributed by atoms with Gasteiger partial charge in [-0.15, -0.1) is 0 Å². The van der Waals surface area contributed by atoms with Crippen LogP contribution < -0.4 is 9.47 Å². The molecule has 7 heteroatoms. The van der Waals surface area contributed by atoms with E-state index in [1.165, 1.54) is 0 Å². The van der Waals surface area contributed by atoms with Crippen LogP contribution in [0.1, 0.15) is 19.3 Å². The van der Waals surface area contributed by atoms with E-state index in [4.69, 9.17) is 30.5 Å². The zero-order valence-corrected chi connectivity index (χ0v) is 16.8. The number of pyridine rings is 1. The summed E-state index contributed by atoms with van der Waals surface area (Å²) in [6.45, 7) is 6.78. The summed E-state index contributed by atoms with van der Waals surface area (Å²) in [5.74, 6) is 1.51. The quantitative estimate of drug-likeness (QED) is 0.655. The molecule has 6 nitrogen and oxygen atoms in total. The van der Waals surface area contributed by atoms with Crippen molar-refractivity contribution in [3.63, 3.8) is 0 Å². The first kappa shape index (κ1) is 19.7. The van der Waals surface area contributed by atoms with Crippen LogP contribution in [0.3, 0.4) is 0 Å². The number of aromatic nitrogens is 1. The summed E-state index contributed by atoms with van der Waals surface area (Å²) in [7, 11) is 0. The molecule has 0 aliphatic carbocycles. The molecule has 0 unspecified atom stereocenters. The predicted molar refractivity (Wildman–Crippen MR) is 109 cm³/mol. The Morgan fingerprint density at radius 1 is 1.11 bits per heavy atom. The first-order valence-electron chi connectivity index (χ1n) is 10.1. The highest BCUT2D eigenvalue weighted by Gasteiger charge is 2.19. The first-order chi connectivity index (χ1) is 13.8. The van der Waals surface area contributed by atoms with Crippen molar-refractivity contribution >= 4 is 22.5 Å². The molecule has 0 saturated carbocycles. The van der Waals surface area contributed by atoms with Gasteiger partial charge in [-0.05, 0) is 12.5 Å². The largest absolute Gasteiger partial charge is 0.493 e. The molecule has 4 rings (SSSR count). The molecular formula is C21H27ClN2O4. The standard InChI is InChI=1S/C21H27ClN2O4/c22-18-2-5-23-19-14-17(27-9-1-6-24-7-12-26-13-8-24)15-20(21(18)19)28-16-3-10-25-11-4-16/h2,5,14-16H,1,3-4,6-13H2. The molecule has 2 saturated heterocycles. The Hall–Kier alpha value is -1.60. The SMILES string of the molecule is Clc1ccnc2cc(OCCCN3CCOCC3)cc(OC3CCOCC3)c12. The topological polar surface area (TPSA) is 53.1 Å². The van der Waals surface area contributed by atoms with Crippen molar-refractivity contribution in [3.05, 3.63) is 29.4 Å². The van der Waals surface area contributed by atoms with Gasteiger partial charge in [0, 0.05) is 50.8 Å². The molecular weight excluding hydrogens is 380 g/mol. The number of fused-ring (bicyclic) bond motifs is 1. The number of morpholine rings is 1. The maximum Gasteiger partial charge on any atom is 0.134 e. The van der Waals surface area contributed by atoms with Crippen molar-refractivity contribution < 1.29 is 18.9 Å². The second kappa shape index (κ2) is 9.74. The normalized spacial score (nSPS) is 19.0. The fourth-order valence-electron chi connectivity index (χ4n) is 3.64. The van der Waals surface area contributed by atoms with Crippen LogP contribution >= 0.6 is 11.6 Å². The van der Waals surface area contributed by atoms with Crippen molar-refractivity contribution in [1.82, 2.24) is 9.88 Å². The maximum absolute atomic E-state index is 6.44. The maximum atomic E-state index is 6.44. The third-order valence-corrected chi connectivity index (χ3v) is 5.50. The van der Waals surface area contributed by atoms with E-state index in [2.05, 4.69) is 9.88 Å². The van der Waals surface area contributed by atoms with Crippen molar-refractivity contribution in [2.24, 2.45) is 0 Å². The van der Waals surface area contributed by atoms with Gasteiger partial charge in [0.1, 0.15) is 17.6 Å². The van der Waals surface area contributed by atoms with E-state index in [-0.39, 0.29) is 6.10 Å². The van der Waals surface area contributed by atoms with E-state index in [0.29, 0.717) is 11.6 Å². The van der Waals surface area contributed by atoms with E-state index >= 15 is 0 Å². The van der Waals surface area contributed by atoms with Crippen LogP contribution in [-0.4, -0.2) is 68.7 Å². The minimum absolute atomic E-state index is 0.129. The number of benzene rings is 1.